The normalized spacial score (nSPS) is 14.5. The first-order valence-corrected chi connectivity index (χ1v) is 6.06. The van der Waals surface area contributed by atoms with Crippen LogP contribution in [0.4, 0.5) is 0 Å². The van der Waals surface area contributed by atoms with Crippen molar-refractivity contribution in [1.29, 1.82) is 0 Å². The average Bonchev–Trinajstić information content (AvgIpc) is 2.27. The van der Waals surface area contributed by atoms with Crippen molar-refractivity contribution in [1.82, 2.24) is 0 Å². The van der Waals surface area contributed by atoms with Gasteiger partial charge in [0, 0.05) is 6.04 Å². The molecule has 1 aromatic carbocycles. The molecule has 2 N–H and O–H groups in total. The second-order valence-corrected chi connectivity index (χ2v) is 4.73. The van der Waals surface area contributed by atoms with E-state index >= 15 is 0 Å². The highest BCUT2D eigenvalue weighted by Crippen LogP contribution is 2.33. The van der Waals surface area contributed by atoms with Gasteiger partial charge in [-0.1, -0.05) is 19.9 Å². The molecule has 0 bridgehead atoms. The van der Waals surface area contributed by atoms with Crippen molar-refractivity contribution in [2.75, 3.05) is 7.11 Å². The minimum Gasteiger partial charge on any atom is -0.496 e. The Hall–Kier alpha value is -1.22. The second kappa shape index (κ2) is 5.92. The van der Waals surface area contributed by atoms with Crippen LogP contribution in [-0.2, 0) is 0 Å². The molecule has 2 atom stereocenters. The van der Waals surface area contributed by atoms with Gasteiger partial charge < -0.3 is 15.2 Å². The topological polar surface area (TPSA) is 44.5 Å². The van der Waals surface area contributed by atoms with E-state index in [9.17, 15) is 0 Å². The second-order valence-electron chi connectivity index (χ2n) is 4.73. The Labute approximate surface area is 104 Å². The predicted molar refractivity (Wildman–Crippen MR) is 70.5 cm³/mol. The van der Waals surface area contributed by atoms with Gasteiger partial charge in [-0.15, -0.1) is 0 Å². The minimum atomic E-state index is -0.111. The molecular weight excluding hydrogens is 214 g/mol. The van der Waals surface area contributed by atoms with Gasteiger partial charge in [0.2, 0.25) is 0 Å². The van der Waals surface area contributed by atoms with Crippen molar-refractivity contribution in [2.24, 2.45) is 11.7 Å². The lowest BCUT2D eigenvalue weighted by atomic mass is 10.1. The van der Waals surface area contributed by atoms with E-state index in [-0.39, 0.29) is 12.1 Å². The molecule has 3 nitrogen and oxygen atoms in total. The van der Waals surface area contributed by atoms with E-state index in [1.54, 1.807) is 7.11 Å². The highest BCUT2D eigenvalue weighted by molar-refractivity contribution is 5.46. The quantitative estimate of drug-likeness (QED) is 0.855. The van der Waals surface area contributed by atoms with Crippen LogP contribution in [0.1, 0.15) is 39.3 Å². The van der Waals surface area contributed by atoms with Gasteiger partial charge in [0.05, 0.1) is 18.8 Å². The van der Waals surface area contributed by atoms with Gasteiger partial charge in [0.15, 0.2) is 0 Å². The largest absolute Gasteiger partial charge is 0.496 e. The Kier molecular flexibility index (Phi) is 4.82. The van der Waals surface area contributed by atoms with Crippen molar-refractivity contribution < 1.29 is 9.47 Å². The van der Waals surface area contributed by atoms with Gasteiger partial charge in [0.1, 0.15) is 11.5 Å². The maximum atomic E-state index is 5.98. The van der Waals surface area contributed by atoms with Gasteiger partial charge in [-0.3, -0.25) is 0 Å². The Balaban J connectivity index is 3.06. The van der Waals surface area contributed by atoms with Gasteiger partial charge in [-0.2, -0.15) is 0 Å². The third-order valence-corrected chi connectivity index (χ3v) is 2.95. The fourth-order valence-electron chi connectivity index (χ4n) is 1.59. The van der Waals surface area contributed by atoms with Crippen molar-refractivity contribution in [3.63, 3.8) is 0 Å². The number of ether oxygens (including phenoxy) is 2. The van der Waals surface area contributed by atoms with Crippen LogP contribution in [0.3, 0.4) is 0 Å². The van der Waals surface area contributed by atoms with Crippen LogP contribution in [0.5, 0.6) is 11.5 Å². The third kappa shape index (κ3) is 3.37. The predicted octanol–water partition coefficient (Wildman–Crippen LogP) is 3.14. The lowest BCUT2D eigenvalue weighted by Gasteiger charge is -2.22. The van der Waals surface area contributed by atoms with Gasteiger partial charge in [-0.05, 0) is 31.9 Å². The van der Waals surface area contributed by atoms with Gasteiger partial charge >= 0.3 is 0 Å². The first kappa shape index (κ1) is 13.8. The van der Waals surface area contributed by atoms with Crippen molar-refractivity contribution in [2.45, 2.75) is 39.8 Å². The standard InChI is InChI=1S/C14H23NO2/c1-9(2)11(4)17-13-8-6-7-12(16-5)14(13)10(3)15/h6-11H,15H2,1-5H3/t10-,11?/m0/s1. The summed E-state index contributed by atoms with van der Waals surface area (Å²) in [4.78, 5) is 0. The Morgan fingerprint density at radius 1 is 1.06 bits per heavy atom. The molecule has 0 aliphatic heterocycles. The van der Waals surface area contributed by atoms with Crippen LogP contribution in [0.15, 0.2) is 18.2 Å². The van der Waals surface area contributed by atoms with E-state index in [2.05, 4.69) is 20.8 Å². The molecular formula is C14H23NO2. The SMILES string of the molecule is COc1cccc(OC(C)C(C)C)c1[C@H](C)N. The number of hydrogen-bond acceptors (Lipinski definition) is 3. The maximum absolute atomic E-state index is 5.98. The lowest BCUT2D eigenvalue weighted by molar-refractivity contribution is 0.167. The average molecular weight is 237 g/mol. The number of methoxy groups -OCH3 is 1. The van der Waals surface area contributed by atoms with Crippen LogP contribution in [0.2, 0.25) is 0 Å². The summed E-state index contributed by atoms with van der Waals surface area (Å²) in [5, 5.41) is 0. The zero-order chi connectivity index (χ0) is 13.0. The van der Waals surface area contributed by atoms with Crippen LogP contribution in [-0.4, -0.2) is 13.2 Å². The van der Waals surface area contributed by atoms with Crippen molar-refractivity contribution >= 4 is 0 Å². The number of rotatable bonds is 5. The number of hydrogen-bond donors (Lipinski definition) is 1. The monoisotopic (exact) mass is 237 g/mol. The molecule has 0 radical (unpaired) electrons. The summed E-state index contributed by atoms with van der Waals surface area (Å²) in [6.45, 7) is 8.27. The Bertz CT molecular complexity index is 361. The molecule has 0 aliphatic carbocycles. The van der Waals surface area contributed by atoms with E-state index in [0.29, 0.717) is 5.92 Å². The Morgan fingerprint density at radius 2 is 1.65 bits per heavy atom. The van der Waals surface area contributed by atoms with Crippen LogP contribution in [0, 0.1) is 5.92 Å². The molecule has 0 saturated heterocycles. The van der Waals surface area contributed by atoms with Crippen LogP contribution < -0.4 is 15.2 Å². The fraction of sp³-hybridized carbons (Fsp3) is 0.571. The van der Waals surface area contributed by atoms with Gasteiger partial charge in [0.25, 0.3) is 0 Å². The van der Waals surface area contributed by atoms with Crippen LogP contribution in [0.25, 0.3) is 0 Å². The summed E-state index contributed by atoms with van der Waals surface area (Å²) in [5.41, 5.74) is 6.92. The molecule has 0 spiro atoms. The third-order valence-electron chi connectivity index (χ3n) is 2.95. The van der Waals surface area contributed by atoms with E-state index in [0.717, 1.165) is 17.1 Å². The highest BCUT2D eigenvalue weighted by Gasteiger charge is 2.17. The molecule has 17 heavy (non-hydrogen) atoms. The first-order chi connectivity index (χ1) is 7.97. The summed E-state index contributed by atoms with van der Waals surface area (Å²) >= 11 is 0. The summed E-state index contributed by atoms with van der Waals surface area (Å²) in [6.07, 6.45) is 0.152. The van der Waals surface area contributed by atoms with Crippen LogP contribution >= 0.6 is 0 Å². The first-order valence-electron chi connectivity index (χ1n) is 6.06. The number of benzene rings is 1. The molecule has 0 aromatic heterocycles. The molecule has 0 aliphatic rings. The molecule has 0 amide bonds. The molecule has 1 aromatic rings. The molecule has 96 valence electrons. The maximum Gasteiger partial charge on any atom is 0.128 e. The summed E-state index contributed by atoms with van der Waals surface area (Å²) in [5.74, 6) is 2.07. The molecule has 1 unspecified atom stereocenters. The molecule has 1 rings (SSSR count). The Morgan fingerprint density at radius 3 is 2.12 bits per heavy atom. The zero-order valence-corrected chi connectivity index (χ0v) is 11.4. The van der Waals surface area contributed by atoms with E-state index in [4.69, 9.17) is 15.2 Å². The van der Waals surface area contributed by atoms with Crippen molar-refractivity contribution in [3.05, 3.63) is 23.8 Å². The van der Waals surface area contributed by atoms with E-state index in [1.807, 2.05) is 25.1 Å². The molecule has 0 fully saturated rings. The summed E-state index contributed by atoms with van der Waals surface area (Å²) in [6, 6.07) is 5.67. The van der Waals surface area contributed by atoms with Gasteiger partial charge in [-0.25, -0.2) is 0 Å². The fourth-order valence-corrected chi connectivity index (χ4v) is 1.59. The number of nitrogens with two attached hydrogens (primary N) is 1. The zero-order valence-electron chi connectivity index (χ0n) is 11.4. The molecule has 0 saturated carbocycles. The highest BCUT2D eigenvalue weighted by atomic mass is 16.5. The minimum absolute atomic E-state index is 0.111. The smallest absolute Gasteiger partial charge is 0.128 e. The van der Waals surface area contributed by atoms with E-state index < -0.39 is 0 Å². The summed E-state index contributed by atoms with van der Waals surface area (Å²) in [7, 11) is 1.65. The lowest BCUT2D eigenvalue weighted by Crippen LogP contribution is -2.20. The molecule has 3 heteroatoms. The summed E-state index contributed by atoms with van der Waals surface area (Å²) < 4.78 is 11.3. The van der Waals surface area contributed by atoms with Crippen molar-refractivity contribution in [3.8, 4) is 11.5 Å². The molecule has 0 heterocycles. The van der Waals surface area contributed by atoms with E-state index in [1.165, 1.54) is 0 Å².